The first kappa shape index (κ1) is 20.3. The molecule has 0 amide bonds. The summed E-state index contributed by atoms with van der Waals surface area (Å²) < 4.78 is 12.0. The average molecular weight is 397 g/mol. The van der Waals surface area contributed by atoms with Gasteiger partial charge in [-0.1, -0.05) is 62.8 Å². The van der Waals surface area contributed by atoms with Crippen molar-refractivity contribution in [3.05, 3.63) is 47.5 Å². The molecule has 4 atom stereocenters. The van der Waals surface area contributed by atoms with Crippen LogP contribution in [0.3, 0.4) is 0 Å². The summed E-state index contributed by atoms with van der Waals surface area (Å²) in [6, 6.07) is 9.96. The lowest BCUT2D eigenvalue weighted by atomic mass is 9.66. The summed E-state index contributed by atoms with van der Waals surface area (Å²) in [5, 5.41) is 0. The summed E-state index contributed by atoms with van der Waals surface area (Å²) in [6.07, 6.45) is 4.51. The maximum atomic E-state index is 13.6. The maximum absolute atomic E-state index is 13.6. The van der Waals surface area contributed by atoms with Crippen LogP contribution < -0.4 is 0 Å². The maximum Gasteiger partial charge on any atom is 0.307 e. The summed E-state index contributed by atoms with van der Waals surface area (Å²) in [7, 11) is 0. The second kappa shape index (κ2) is 7.09. The van der Waals surface area contributed by atoms with Gasteiger partial charge < -0.3 is 9.47 Å². The molecule has 2 aliphatic carbocycles. The molecule has 2 fully saturated rings. The number of esters is 1. The van der Waals surface area contributed by atoms with Crippen LogP contribution in [0.15, 0.2) is 42.0 Å². The number of carbonyl (C=O) groups is 2. The fourth-order valence-electron chi connectivity index (χ4n) is 5.91. The van der Waals surface area contributed by atoms with Crippen LogP contribution in [0.4, 0.5) is 0 Å². The van der Waals surface area contributed by atoms with Crippen LogP contribution in [0.1, 0.15) is 58.9 Å². The monoisotopic (exact) mass is 396 g/mol. The number of hydrogen-bond donors (Lipinski definition) is 0. The van der Waals surface area contributed by atoms with Crippen molar-refractivity contribution in [2.24, 2.45) is 22.7 Å². The number of ketones is 1. The standard InChI is InChI=1S/C25H32O4/c1-17(2)20-11-10-19-12-25(16-28-15-18-8-6-5-7-9-18)24(4,14-22(27)29-25)21(26)13-23(19,20)3/h5-10,17,20H,11-16H2,1-4H3/t20-,23+,24+,25+/m1/s1. The van der Waals surface area contributed by atoms with Crippen molar-refractivity contribution >= 4 is 11.8 Å². The number of fused-ring (bicyclic) bond motifs is 2. The molecule has 0 N–H and O–H groups in total. The molecule has 1 saturated carbocycles. The third kappa shape index (κ3) is 3.16. The Balaban J connectivity index is 1.65. The molecule has 1 heterocycles. The van der Waals surface area contributed by atoms with Gasteiger partial charge in [0.1, 0.15) is 5.78 Å². The molecule has 1 aromatic rings. The average Bonchev–Trinajstić information content (AvgIpc) is 3.08. The Hall–Kier alpha value is -1.94. The van der Waals surface area contributed by atoms with Crippen molar-refractivity contribution in [1.29, 1.82) is 0 Å². The summed E-state index contributed by atoms with van der Waals surface area (Å²) in [5.74, 6) is 0.805. The van der Waals surface area contributed by atoms with Crippen molar-refractivity contribution in [3.8, 4) is 0 Å². The van der Waals surface area contributed by atoms with Gasteiger partial charge in [0.05, 0.1) is 25.0 Å². The first-order valence-corrected chi connectivity index (χ1v) is 10.8. The lowest BCUT2D eigenvalue weighted by Crippen LogP contribution is -2.50. The van der Waals surface area contributed by atoms with Crippen LogP contribution >= 0.6 is 0 Å². The SMILES string of the molecule is CC(C)[C@H]1CC=C2C[C@@]3(COCc4ccccc4)OC(=O)C[C@@]3(C)C(=O)C[C@@]21C. The highest BCUT2D eigenvalue weighted by Crippen LogP contribution is 2.61. The molecular formula is C25H32O4. The second-order valence-corrected chi connectivity index (χ2v) is 9.97. The molecule has 0 unspecified atom stereocenters. The quantitative estimate of drug-likeness (QED) is 0.526. The topological polar surface area (TPSA) is 52.6 Å². The van der Waals surface area contributed by atoms with Crippen LogP contribution in [0.5, 0.6) is 0 Å². The van der Waals surface area contributed by atoms with Crippen LogP contribution in [0, 0.1) is 22.7 Å². The van der Waals surface area contributed by atoms with Gasteiger partial charge in [0.25, 0.3) is 0 Å². The molecule has 29 heavy (non-hydrogen) atoms. The number of carbonyl (C=O) groups excluding carboxylic acids is 2. The Morgan fingerprint density at radius 1 is 1.10 bits per heavy atom. The molecule has 4 rings (SSSR count). The summed E-state index contributed by atoms with van der Waals surface area (Å²) in [4.78, 5) is 26.0. The summed E-state index contributed by atoms with van der Waals surface area (Å²) in [5.41, 5.74) is 0.435. The van der Waals surface area contributed by atoms with E-state index in [1.165, 1.54) is 5.57 Å². The predicted octanol–water partition coefficient (Wildman–Crippen LogP) is 4.87. The van der Waals surface area contributed by atoms with Gasteiger partial charge in [0, 0.05) is 12.8 Å². The number of benzene rings is 1. The van der Waals surface area contributed by atoms with E-state index in [1.54, 1.807) is 0 Å². The van der Waals surface area contributed by atoms with Gasteiger partial charge in [0.2, 0.25) is 0 Å². The van der Waals surface area contributed by atoms with Crippen molar-refractivity contribution in [2.75, 3.05) is 6.61 Å². The van der Waals surface area contributed by atoms with Crippen LogP contribution in [-0.2, 0) is 25.7 Å². The lowest BCUT2D eigenvalue weighted by molar-refractivity contribution is -0.163. The zero-order valence-corrected chi connectivity index (χ0v) is 18.0. The Kier molecular flexibility index (Phi) is 4.97. The lowest BCUT2D eigenvalue weighted by Gasteiger charge is -2.38. The predicted molar refractivity (Wildman–Crippen MR) is 111 cm³/mol. The zero-order valence-electron chi connectivity index (χ0n) is 18.0. The highest BCUT2D eigenvalue weighted by molar-refractivity contribution is 5.94. The highest BCUT2D eigenvalue weighted by Gasteiger charge is 2.66. The fraction of sp³-hybridized carbons (Fsp3) is 0.600. The first-order valence-electron chi connectivity index (χ1n) is 10.8. The number of allylic oxidation sites excluding steroid dienone is 1. The molecule has 0 radical (unpaired) electrons. The van der Waals surface area contributed by atoms with Gasteiger partial charge in [0.15, 0.2) is 5.60 Å². The molecule has 1 aliphatic heterocycles. The van der Waals surface area contributed by atoms with Gasteiger partial charge in [-0.05, 0) is 36.2 Å². The Bertz CT molecular complexity index is 842. The van der Waals surface area contributed by atoms with E-state index in [1.807, 2.05) is 37.3 Å². The number of hydrogen-bond acceptors (Lipinski definition) is 4. The van der Waals surface area contributed by atoms with Gasteiger partial charge in [-0.15, -0.1) is 0 Å². The highest BCUT2D eigenvalue weighted by atomic mass is 16.6. The molecule has 1 aromatic carbocycles. The minimum atomic E-state index is -0.911. The number of ether oxygens (including phenoxy) is 2. The van der Waals surface area contributed by atoms with E-state index in [2.05, 4.69) is 26.8 Å². The van der Waals surface area contributed by atoms with Gasteiger partial charge in [-0.2, -0.15) is 0 Å². The fourth-order valence-corrected chi connectivity index (χ4v) is 5.91. The third-order valence-corrected chi connectivity index (χ3v) is 7.85. The van der Waals surface area contributed by atoms with Crippen LogP contribution in [0.25, 0.3) is 0 Å². The van der Waals surface area contributed by atoms with E-state index in [4.69, 9.17) is 9.47 Å². The number of Topliss-reactive ketones (excluding diaryl/α,β-unsaturated/α-hetero) is 1. The normalized spacial score (nSPS) is 36.4. The zero-order chi connectivity index (χ0) is 20.9. The molecule has 1 saturated heterocycles. The first-order chi connectivity index (χ1) is 13.7. The minimum Gasteiger partial charge on any atom is -0.455 e. The number of rotatable bonds is 5. The van der Waals surface area contributed by atoms with Crippen molar-refractivity contribution in [1.82, 2.24) is 0 Å². The largest absolute Gasteiger partial charge is 0.455 e. The van der Waals surface area contributed by atoms with E-state index in [-0.39, 0.29) is 30.2 Å². The molecular weight excluding hydrogens is 364 g/mol. The van der Waals surface area contributed by atoms with E-state index < -0.39 is 11.0 Å². The van der Waals surface area contributed by atoms with E-state index in [0.29, 0.717) is 31.3 Å². The van der Waals surface area contributed by atoms with E-state index >= 15 is 0 Å². The Morgan fingerprint density at radius 3 is 2.52 bits per heavy atom. The molecule has 0 bridgehead atoms. The van der Waals surface area contributed by atoms with Crippen LogP contribution in [0.2, 0.25) is 0 Å². The van der Waals surface area contributed by atoms with Gasteiger partial charge >= 0.3 is 5.97 Å². The molecule has 156 valence electrons. The summed E-state index contributed by atoms with van der Waals surface area (Å²) >= 11 is 0. The smallest absolute Gasteiger partial charge is 0.307 e. The Labute approximate surface area is 173 Å². The summed E-state index contributed by atoms with van der Waals surface area (Å²) in [6.45, 7) is 9.32. The van der Waals surface area contributed by atoms with Crippen LogP contribution in [-0.4, -0.2) is 24.0 Å². The molecule has 4 heteroatoms. The van der Waals surface area contributed by atoms with Crippen molar-refractivity contribution in [2.45, 2.75) is 65.6 Å². The van der Waals surface area contributed by atoms with Crippen molar-refractivity contribution < 1.29 is 19.1 Å². The van der Waals surface area contributed by atoms with Gasteiger partial charge in [-0.25, -0.2) is 0 Å². The van der Waals surface area contributed by atoms with E-state index in [9.17, 15) is 9.59 Å². The Morgan fingerprint density at radius 2 is 1.83 bits per heavy atom. The molecule has 3 aliphatic rings. The molecule has 0 spiro atoms. The molecule has 4 nitrogen and oxygen atoms in total. The second-order valence-electron chi connectivity index (χ2n) is 9.97. The minimum absolute atomic E-state index is 0.144. The van der Waals surface area contributed by atoms with E-state index in [0.717, 1.165) is 12.0 Å². The van der Waals surface area contributed by atoms with Crippen molar-refractivity contribution in [3.63, 3.8) is 0 Å². The molecule has 0 aromatic heterocycles. The third-order valence-electron chi connectivity index (χ3n) is 7.85. The van der Waals surface area contributed by atoms with Gasteiger partial charge in [-0.3, -0.25) is 9.59 Å².